The molecular weight excluding hydrogens is 212 g/mol. The van der Waals surface area contributed by atoms with Crippen LogP contribution in [0.3, 0.4) is 0 Å². The average Bonchev–Trinajstić information content (AvgIpc) is 2.90. The zero-order valence-electron chi connectivity index (χ0n) is 11.0. The molecule has 0 spiro atoms. The fourth-order valence-electron chi connectivity index (χ4n) is 3.23. The highest BCUT2D eigenvalue weighted by molar-refractivity contribution is 5.87. The van der Waals surface area contributed by atoms with E-state index in [1.54, 1.807) is 0 Å². The van der Waals surface area contributed by atoms with Crippen molar-refractivity contribution in [2.45, 2.75) is 70.8 Å². The van der Waals surface area contributed by atoms with Crippen LogP contribution in [-0.4, -0.2) is 12.1 Å². The van der Waals surface area contributed by atoms with Gasteiger partial charge in [0.25, 0.3) is 0 Å². The van der Waals surface area contributed by atoms with E-state index in [4.69, 9.17) is 4.74 Å². The van der Waals surface area contributed by atoms with Gasteiger partial charge in [0.1, 0.15) is 6.10 Å². The van der Waals surface area contributed by atoms with Crippen LogP contribution >= 0.6 is 0 Å². The van der Waals surface area contributed by atoms with Crippen molar-refractivity contribution in [1.29, 1.82) is 0 Å². The Labute approximate surface area is 104 Å². The summed E-state index contributed by atoms with van der Waals surface area (Å²) in [6, 6.07) is 0. The molecule has 2 rings (SSSR count). The molecule has 2 fully saturated rings. The lowest BCUT2D eigenvalue weighted by Crippen LogP contribution is -2.20. The maximum Gasteiger partial charge on any atom is 0.333 e. The summed E-state index contributed by atoms with van der Waals surface area (Å²) < 4.78 is 5.49. The molecule has 2 aliphatic rings. The Bertz CT molecular complexity index is 294. The van der Waals surface area contributed by atoms with Crippen LogP contribution in [-0.2, 0) is 9.53 Å². The first-order valence-electron chi connectivity index (χ1n) is 6.98. The van der Waals surface area contributed by atoms with Gasteiger partial charge < -0.3 is 4.74 Å². The van der Waals surface area contributed by atoms with Crippen molar-refractivity contribution in [3.05, 3.63) is 12.2 Å². The highest BCUT2D eigenvalue weighted by Gasteiger charge is 2.31. The Kier molecular flexibility index (Phi) is 3.90. The standard InChI is InChI=1S/C15H24O2/c1-12(11-15(2)9-5-6-10-15)14(16)17-13-7-3-4-8-13/h13H,1,3-11H2,2H3. The van der Waals surface area contributed by atoms with Gasteiger partial charge in [-0.15, -0.1) is 0 Å². The Balaban J connectivity index is 1.80. The molecule has 0 aliphatic heterocycles. The number of hydrogen-bond donors (Lipinski definition) is 0. The van der Waals surface area contributed by atoms with E-state index >= 15 is 0 Å². The van der Waals surface area contributed by atoms with E-state index in [1.807, 2.05) is 0 Å². The van der Waals surface area contributed by atoms with Crippen molar-refractivity contribution in [1.82, 2.24) is 0 Å². The molecule has 0 amide bonds. The van der Waals surface area contributed by atoms with Crippen LogP contribution in [0.25, 0.3) is 0 Å². The second-order valence-electron chi connectivity index (χ2n) is 6.11. The zero-order valence-corrected chi connectivity index (χ0v) is 11.0. The summed E-state index contributed by atoms with van der Waals surface area (Å²) in [7, 11) is 0. The van der Waals surface area contributed by atoms with E-state index < -0.39 is 0 Å². The van der Waals surface area contributed by atoms with Gasteiger partial charge in [0.15, 0.2) is 0 Å². The minimum Gasteiger partial charge on any atom is -0.459 e. The quantitative estimate of drug-likeness (QED) is 0.545. The van der Waals surface area contributed by atoms with Gasteiger partial charge in [0.05, 0.1) is 0 Å². The van der Waals surface area contributed by atoms with Gasteiger partial charge >= 0.3 is 5.97 Å². The number of hydrogen-bond acceptors (Lipinski definition) is 2. The average molecular weight is 236 g/mol. The van der Waals surface area contributed by atoms with Gasteiger partial charge in [-0.05, 0) is 50.4 Å². The molecule has 17 heavy (non-hydrogen) atoms. The van der Waals surface area contributed by atoms with Gasteiger partial charge in [-0.25, -0.2) is 4.79 Å². The number of esters is 1. The highest BCUT2D eigenvalue weighted by atomic mass is 16.5. The topological polar surface area (TPSA) is 26.3 Å². The fraction of sp³-hybridized carbons (Fsp3) is 0.800. The fourth-order valence-corrected chi connectivity index (χ4v) is 3.23. The molecule has 0 radical (unpaired) electrons. The molecule has 96 valence electrons. The number of ether oxygens (including phenoxy) is 1. The number of carbonyl (C=O) groups is 1. The molecule has 0 heterocycles. The van der Waals surface area contributed by atoms with Crippen molar-refractivity contribution < 1.29 is 9.53 Å². The maximum absolute atomic E-state index is 11.9. The lowest BCUT2D eigenvalue weighted by molar-refractivity contribution is -0.144. The second-order valence-corrected chi connectivity index (χ2v) is 6.11. The van der Waals surface area contributed by atoms with Crippen LogP contribution < -0.4 is 0 Å². The largest absolute Gasteiger partial charge is 0.459 e. The Morgan fingerprint density at radius 2 is 1.82 bits per heavy atom. The molecule has 0 N–H and O–H groups in total. The van der Waals surface area contributed by atoms with Crippen molar-refractivity contribution in [2.75, 3.05) is 0 Å². The third-order valence-corrected chi connectivity index (χ3v) is 4.32. The minimum atomic E-state index is -0.148. The molecule has 2 aliphatic carbocycles. The summed E-state index contributed by atoms with van der Waals surface area (Å²) in [5.74, 6) is -0.148. The monoisotopic (exact) mass is 236 g/mol. The van der Waals surface area contributed by atoms with Gasteiger partial charge in [-0.1, -0.05) is 26.3 Å². The third-order valence-electron chi connectivity index (χ3n) is 4.32. The molecule has 0 aromatic heterocycles. The lowest BCUT2D eigenvalue weighted by Gasteiger charge is -2.24. The lowest BCUT2D eigenvalue weighted by atomic mass is 9.82. The van der Waals surface area contributed by atoms with Crippen molar-refractivity contribution in [3.63, 3.8) is 0 Å². The molecular formula is C15H24O2. The van der Waals surface area contributed by atoms with Crippen LogP contribution in [0.5, 0.6) is 0 Å². The van der Waals surface area contributed by atoms with Crippen LogP contribution in [0.15, 0.2) is 12.2 Å². The first-order valence-corrected chi connectivity index (χ1v) is 6.98. The molecule has 0 aromatic carbocycles. The molecule has 0 saturated heterocycles. The molecule has 0 aromatic rings. The second kappa shape index (κ2) is 5.24. The van der Waals surface area contributed by atoms with E-state index in [9.17, 15) is 4.79 Å². The van der Waals surface area contributed by atoms with Gasteiger partial charge in [-0.3, -0.25) is 0 Å². The molecule has 2 saturated carbocycles. The first kappa shape index (κ1) is 12.7. The summed E-state index contributed by atoms with van der Waals surface area (Å²) >= 11 is 0. The number of rotatable bonds is 4. The number of carbonyl (C=O) groups excluding carboxylic acids is 1. The summed E-state index contributed by atoms with van der Waals surface area (Å²) in [6.07, 6.45) is 10.5. The molecule has 2 heteroatoms. The Hall–Kier alpha value is -0.790. The highest BCUT2D eigenvalue weighted by Crippen LogP contribution is 2.42. The van der Waals surface area contributed by atoms with E-state index in [1.165, 1.54) is 38.5 Å². The Morgan fingerprint density at radius 3 is 2.41 bits per heavy atom. The zero-order chi connectivity index (χ0) is 12.3. The minimum absolute atomic E-state index is 0.148. The molecule has 2 nitrogen and oxygen atoms in total. The molecule has 0 unspecified atom stereocenters. The summed E-state index contributed by atoms with van der Waals surface area (Å²) in [5.41, 5.74) is 0.979. The predicted octanol–water partition coefficient (Wildman–Crippen LogP) is 4.00. The summed E-state index contributed by atoms with van der Waals surface area (Å²) in [5, 5.41) is 0. The van der Waals surface area contributed by atoms with Crippen molar-refractivity contribution in [3.8, 4) is 0 Å². The van der Waals surface area contributed by atoms with Gasteiger partial charge in [-0.2, -0.15) is 0 Å². The van der Waals surface area contributed by atoms with Crippen LogP contribution in [0.4, 0.5) is 0 Å². The van der Waals surface area contributed by atoms with Crippen molar-refractivity contribution >= 4 is 5.97 Å². The Morgan fingerprint density at radius 1 is 1.24 bits per heavy atom. The maximum atomic E-state index is 11.9. The van der Waals surface area contributed by atoms with E-state index in [-0.39, 0.29) is 12.1 Å². The van der Waals surface area contributed by atoms with E-state index in [0.29, 0.717) is 11.0 Å². The predicted molar refractivity (Wildman–Crippen MR) is 68.7 cm³/mol. The SMILES string of the molecule is C=C(CC1(C)CCCC1)C(=O)OC1CCCC1. The van der Waals surface area contributed by atoms with E-state index in [0.717, 1.165) is 19.3 Å². The smallest absolute Gasteiger partial charge is 0.333 e. The summed E-state index contributed by atoms with van der Waals surface area (Å²) in [6.45, 7) is 6.20. The normalized spacial score (nSPS) is 23.8. The summed E-state index contributed by atoms with van der Waals surface area (Å²) in [4.78, 5) is 11.9. The van der Waals surface area contributed by atoms with Crippen molar-refractivity contribution in [2.24, 2.45) is 5.41 Å². The van der Waals surface area contributed by atoms with E-state index in [2.05, 4.69) is 13.5 Å². The van der Waals surface area contributed by atoms with Gasteiger partial charge in [0, 0.05) is 5.57 Å². The van der Waals surface area contributed by atoms with Crippen LogP contribution in [0.2, 0.25) is 0 Å². The molecule has 0 atom stereocenters. The first-order chi connectivity index (χ1) is 8.09. The molecule has 0 bridgehead atoms. The van der Waals surface area contributed by atoms with Crippen LogP contribution in [0.1, 0.15) is 64.7 Å². The third kappa shape index (κ3) is 3.34. The van der Waals surface area contributed by atoms with Crippen LogP contribution in [0, 0.1) is 5.41 Å². The van der Waals surface area contributed by atoms with Gasteiger partial charge in [0.2, 0.25) is 0 Å².